The molecule has 0 fully saturated rings. The van der Waals surface area contributed by atoms with Crippen LogP contribution in [-0.2, 0) is 17.6 Å². The first-order valence-electron chi connectivity index (χ1n) is 8.30. The van der Waals surface area contributed by atoms with Crippen molar-refractivity contribution in [3.63, 3.8) is 0 Å². The summed E-state index contributed by atoms with van der Waals surface area (Å²) in [4.78, 5) is 14.7. The average Bonchev–Trinajstić information content (AvgIpc) is 2.51. The van der Waals surface area contributed by atoms with Crippen molar-refractivity contribution in [1.29, 1.82) is 0 Å². The van der Waals surface area contributed by atoms with Crippen LogP contribution in [0.15, 0.2) is 24.3 Å². The lowest BCUT2D eigenvalue weighted by Crippen LogP contribution is -2.50. The van der Waals surface area contributed by atoms with Gasteiger partial charge in [-0.3, -0.25) is 4.79 Å². The fraction of sp³-hybridized carbons (Fsp3) is 0.611. The zero-order valence-corrected chi connectivity index (χ0v) is 14.6. The lowest BCUT2D eigenvalue weighted by Gasteiger charge is -2.36. The van der Waals surface area contributed by atoms with Gasteiger partial charge >= 0.3 is 0 Å². The van der Waals surface area contributed by atoms with E-state index in [-0.39, 0.29) is 24.4 Å². The molecule has 2 rings (SSSR count). The second kappa shape index (κ2) is 9.16. The van der Waals surface area contributed by atoms with Crippen molar-refractivity contribution >= 4 is 18.3 Å². The Morgan fingerprint density at radius 2 is 1.95 bits per heavy atom. The van der Waals surface area contributed by atoms with Gasteiger partial charge in [0.25, 0.3) is 0 Å². The molecule has 124 valence electrons. The van der Waals surface area contributed by atoms with Gasteiger partial charge in [-0.15, -0.1) is 12.4 Å². The molecule has 1 aliphatic carbocycles. The SMILES string of the molecule is CCCC(N)C(=O)N(CCC)C1CCc2ccccc2C1.Cl. The zero-order chi connectivity index (χ0) is 15.2. The van der Waals surface area contributed by atoms with Crippen molar-refractivity contribution in [2.45, 2.75) is 64.5 Å². The molecule has 0 saturated heterocycles. The average molecular weight is 325 g/mol. The van der Waals surface area contributed by atoms with Gasteiger partial charge in [0, 0.05) is 12.6 Å². The smallest absolute Gasteiger partial charge is 0.239 e. The monoisotopic (exact) mass is 324 g/mol. The van der Waals surface area contributed by atoms with E-state index < -0.39 is 0 Å². The summed E-state index contributed by atoms with van der Waals surface area (Å²) in [6.45, 7) is 5.03. The molecule has 0 heterocycles. The fourth-order valence-electron chi connectivity index (χ4n) is 3.31. The summed E-state index contributed by atoms with van der Waals surface area (Å²) in [5.41, 5.74) is 8.90. The number of rotatable bonds is 6. The number of aryl methyl sites for hydroxylation is 1. The normalized spacial score (nSPS) is 18.0. The molecule has 0 aliphatic heterocycles. The summed E-state index contributed by atoms with van der Waals surface area (Å²) in [5.74, 6) is 0.142. The first kappa shape index (κ1) is 19.0. The minimum Gasteiger partial charge on any atom is -0.338 e. The summed E-state index contributed by atoms with van der Waals surface area (Å²) in [6, 6.07) is 8.58. The number of hydrogen-bond donors (Lipinski definition) is 1. The zero-order valence-electron chi connectivity index (χ0n) is 13.8. The van der Waals surface area contributed by atoms with Crippen LogP contribution in [0.3, 0.4) is 0 Å². The Kier molecular flexibility index (Phi) is 7.91. The molecule has 2 N–H and O–H groups in total. The van der Waals surface area contributed by atoms with Gasteiger partial charge in [0.2, 0.25) is 5.91 Å². The Morgan fingerprint density at radius 3 is 2.59 bits per heavy atom. The molecule has 0 aromatic heterocycles. The quantitative estimate of drug-likeness (QED) is 0.872. The summed E-state index contributed by atoms with van der Waals surface area (Å²) in [5, 5.41) is 0. The summed E-state index contributed by atoms with van der Waals surface area (Å²) in [6.07, 6.45) is 5.82. The molecule has 4 heteroatoms. The van der Waals surface area contributed by atoms with Crippen molar-refractivity contribution in [3.8, 4) is 0 Å². The molecule has 1 aromatic rings. The third kappa shape index (κ3) is 4.47. The predicted molar refractivity (Wildman–Crippen MR) is 94.4 cm³/mol. The number of benzene rings is 1. The first-order valence-corrected chi connectivity index (χ1v) is 8.30. The highest BCUT2D eigenvalue weighted by Gasteiger charge is 2.29. The van der Waals surface area contributed by atoms with Crippen molar-refractivity contribution < 1.29 is 4.79 Å². The lowest BCUT2D eigenvalue weighted by atomic mass is 9.87. The largest absolute Gasteiger partial charge is 0.338 e. The molecule has 1 aliphatic rings. The maximum atomic E-state index is 12.6. The second-order valence-corrected chi connectivity index (χ2v) is 6.09. The Labute approximate surface area is 140 Å². The molecule has 2 unspecified atom stereocenters. The number of halogens is 1. The van der Waals surface area contributed by atoms with Crippen LogP contribution in [0.25, 0.3) is 0 Å². The number of carbonyl (C=O) groups excluding carboxylic acids is 1. The summed E-state index contributed by atoms with van der Waals surface area (Å²) >= 11 is 0. The van der Waals surface area contributed by atoms with Gasteiger partial charge in [-0.05, 0) is 43.2 Å². The number of nitrogens with zero attached hydrogens (tertiary/aromatic N) is 1. The van der Waals surface area contributed by atoms with E-state index in [4.69, 9.17) is 5.73 Å². The van der Waals surface area contributed by atoms with E-state index in [2.05, 4.69) is 43.0 Å². The molecule has 1 aromatic carbocycles. The summed E-state index contributed by atoms with van der Waals surface area (Å²) < 4.78 is 0. The number of nitrogens with two attached hydrogens (primary N) is 1. The molecular formula is C18H29ClN2O. The topological polar surface area (TPSA) is 46.3 Å². The van der Waals surface area contributed by atoms with Gasteiger partial charge in [-0.1, -0.05) is 44.5 Å². The van der Waals surface area contributed by atoms with Crippen LogP contribution in [-0.4, -0.2) is 29.4 Å². The van der Waals surface area contributed by atoms with Gasteiger partial charge in [-0.25, -0.2) is 0 Å². The molecule has 0 radical (unpaired) electrons. The fourth-order valence-corrected chi connectivity index (χ4v) is 3.31. The van der Waals surface area contributed by atoms with Crippen LogP contribution < -0.4 is 5.73 Å². The molecule has 0 saturated carbocycles. The maximum absolute atomic E-state index is 12.6. The molecule has 0 bridgehead atoms. The number of hydrogen-bond acceptors (Lipinski definition) is 2. The molecule has 22 heavy (non-hydrogen) atoms. The van der Waals surface area contributed by atoms with Crippen molar-refractivity contribution in [3.05, 3.63) is 35.4 Å². The number of amides is 1. The Bertz CT molecular complexity index is 478. The van der Waals surface area contributed by atoms with Gasteiger partial charge in [0.1, 0.15) is 0 Å². The van der Waals surface area contributed by atoms with Crippen LogP contribution in [0.5, 0.6) is 0 Å². The Balaban J connectivity index is 0.00000242. The summed E-state index contributed by atoms with van der Waals surface area (Å²) in [7, 11) is 0. The standard InChI is InChI=1S/C18H28N2O.ClH/c1-3-7-17(19)18(21)20(12-4-2)16-11-10-14-8-5-6-9-15(14)13-16;/h5-6,8-9,16-17H,3-4,7,10-13,19H2,1-2H3;1H. The van der Waals surface area contributed by atoms with E-state index in [1.54, 1.807) is 0 Å². The predicted octanol–water partition coefficient (Wildman–Crippen LogP) is 3.33. The maximum Gasteiger partial charge on any atom is 0.239 e. The van der Waals surface area contributed by atoms with Gasteiger partial charge in [0.15, 0.2) is 0 Å². The van der Waals surface area contributed by atoms with E-state index in [0.29, 0.717) is 6.04 Å². The highest BCUT2D eigenvalue weighted by molar-refractivity contribution is 5.85. The van der Waals surface area contributed by atoms with E-state index in [0.717, 1.165) is 45.1 Å². The van der Waals surface area contributed by atoms with E-state index in [9.17, 15) is 4.79 Å². The number of fused-ring (bicyclic) bond motifs is 1. The second-order valence-electron chi connectivity index (χ2n) is 6.09. The van der Waals surface area contributed by atoms with Crippen LogP contribution in [0, 0.1) is 0 Å². The third-order valence-corrected chi connectivity index (χ3v) is 4.43. The van der Waals surface area contributed by atoms with Crippen molar-refractivity contribution in [1.82, 2.24) is 4.90 Å². The lowest BCUT2D eigenvalue weighted by molar-refractivity contribution is -0.135. The van der Waals surface area contributed by atoms with Crippen molar-refractivity contribution in [2.24, 2.45) is 5.73 Å². The van der Waals surface area contributed by atoms with Crippen LogP contribution in [0.4, 0.5) is 0 Å². The molecule has 1 amide bonds. The van der Waals surface area contributed by atoms with E-state index in [1.807, 2.05) is 0 Å². The minimum absolute atomic E-state index is 0. The van der Waals surface area contributed by atoms with Crippen LogP contribution in [0.1, 0.15) is 50.7 Å². The van der Waals surface area contributed by atoms with Gasteiger partial charge in [0.05, 0.1) is 6.04 Å². The van der Waals surface area contributed by atoms with Gasteiger partial charge < -0.3 is 10.6 Å². The highest BCUT2D eigenvalue weighted by Crippen LogP contribution is 2.25. The Hall–Kier alpha value is -1.06. The minimum atomic E-state index is -0.335. The van der Waals surface area contributed by atoms with E-state index in [1.165, 1.54) is 11.1 Å². The molecule has 2 atom stereocenters. The van der Waals surface area contributed by atoms with Crippen LogP contribution in [0.2, 0.25) is 0 Å². The third-order valence-electron chi connectivity index (χ3n) is 4.43. The highest BCUT2D eigenvalue weighted by atomic mass is 35.5. The first-order chi connectivity index (χ1) is 10.2. The number of carbonyl (C=O) groups is 1. The molecular weight excluding hydrogens is 296 g/mol. The van der Waals surface area contributed by atoms with Gasteiger partial charge in [-0.2, -0.15) is 0 Å². The Morgan fingerprint density at radius 1 is 1.27 bits per heavy atom. The van der Waals surface area contributed by atoms with E-state index >= 15 is 0 Å². The van der Waals surface area contributed by atoms with Crippen molar-refractivity contribution in [2.75, 3.05) is 6.54 Å². The van der Waals surface area contributed by atoms with Crippen LogP contribution >= 0.6 is 12.4 Å². The molecule has 0 spiro atoms. The molecule has 3 nitrogen and oxygen atoms in total.